The highest BCUT2D eigenvalue weighted by Gasteiger charge is 2.14. The zero-order chi connectivity index (χ0) is 11.8. The largest absolute Gasteiger partial charge is 0.396 e. The first-order valence-corrected chi connectivity index (χ1v) is 6.77. The van der Waals surface area contributed by atoms with Crippen LogP contribution in [0.1, 0.15) is 30.9 Å². The van der Waals surface area contributed by atoms with Gasteiger partial charge in [0.2, 0.25) is 0 Å². The van der Waals surface area contributed by atoms with Crippen LogP contribution in [0.3, 0.4) is 0 Å². The van der Waals surface area contributed by atoms with Crippen molar-refractivity contribution in [3.05, 3.63) is 22.4 Å². The summed E-state index contributed by atoms with van der Waals surface area (Å²) in [5.74, 6) is 0. The second-order valence-corrected chi connectivity index (χ2v) is 4.85. The first-order valence-electron chi connectivity index (χ1n) is 5.83. The van der Waals surface area contributed by atoms with E-state index in [4.69, 9.17) is 10.8 Å². The predicted octanol–water partition coefficient (Wildman–Crippen LogP) is 1.84. The van der Waals surface area contributed by atoms with Gasteiger partial charge in [-0.25, -0.2) is 0 Å². The number of likely N-dealkylation sites (N-methyl/N-ethyl adjacent to an activating group) is 1. The van der Waals surface area contributed by atoms with Crippen molar-refractivity contribution in [2.75, 3.05) is 26.7 Å². The van der Waals surface area contributed by atoms with Gasteiger partial charge in [0.05, 0.1) is 0 Å². The van der Waals surface area contributed by atoms with Crippen molar-refractivity contribution >= 4 is 11.3 Å². The van der Waals surface area contributed by atoms with Crippen molar-refractivity contribution in [3.8, 4) is 0 Å². The van der Waals surface area contributed by atoms with Crippen LogP contribution in [-0.2, 0) is 0 Å². The Balaban J connectivity index is 2.35. The van der Waals surface area contributed by atoms with Crippen LogP contribution >= 0.6 is 11.3 Å². The molecule has 92 valence electrons. The van der Waals surface area contributed by atoms with Crippen molar-refractivity contribution in [1.29, 1.82) is 0 Å². The summed E-state index contributed by atoms with van der Waals surface area (Å²) in [6.07, 6.45) is 3.11. The van der Waals surface area contributed by atoms with Crippen LogP contribution in [0.2, 0.25) is 0 Å². The second-order valence-electron chi connectivity index (χ2n) is 4.07. The van der Waals surface area contributed by atoms with Gasteiger partial charge in [-0.05, 0) is 55.2 Å². The molecule has 0 aliphatic carbocycles. The molecule has 4 heteroatoms. The smallest absolute Gasteiger partial charge is 0.0475 e. The quantitative estimate of drug-likeness (QED) is 0.684. The van der Waals surface area contributed by atoms with E-state index in [1.165, 1.54) is 5.56 Å². The summed E-state index contributed by atoms with van der Waals surface area (Å²) in [6, 6.07) is 2.48. The van der Waals surface area contributed by atoms with Gasteiger partial charge in [-0.2, -0.15) is 11.3 Å². The minimum atomic E-state index is 0.300. The first kappa shape index (κ1) is 13.6. The first-order chi connectivity index (χ1) is 7.79. The molecule has 1 unspecified atom stereocenters. The Labute approximate surface area is 102 Å². The summed E-state index contributed by atoms with van der Waals surface area (Å²) >= 11 is 1.72. The molecule has 0 saturated carbocycles. The fourth-order valence-electron chi connectivity index (χ4n) is 1.84. The van der Waals surface area contributed by atoms with Crippen LogP contribution in [0.25, 0.3) is 0 Å². The fourth-order valence-corrected chi connectivity index (χ4v) is 2.55. The molecule has 0 saturated heterocycles. The molecule has 1 aromatic rings. The predicted molar refractivity (Wildman–Crippen MR) is 69.7 cm³/mol. The van der Waals surface area contributed by atoms with Gasteiger partial charge in [-0.15, -0.1) is 0 Å². The molecule has 0 aliphatic heterocycles. The second kappa shape index (κ2) is 7.79. The zero-order valence-corrected chi connectivity index (χ0v) is 10.7. The number of unbranched alkanes of at least 4 members (excludes halogenated alkanes) is 2. The van der Waals surface area contributed by atoms with Gasteiger partial charge >= 0.3 is 0 Å². The lowest BCUT2D eigenvalue weighted by Crippen LogP contribution is -2.31. The minimum Gasteiger partial charge on any atom is -0.396 e. The molecule has 1 atom stereocenters. The molecule has 0 fully saturated rings. The molecule has 16 heavy (non-hydrogen) atoms. The zero-order valence-electron chi connectivity index (χ0n) is 9.93. The number of hydrogen-bond donors (Lipinski definition) is 2. The fraction of sp³-hybridized carbons (Fsp3) is 0.667. The summed E-state index contributed by atoms with van der Waals surface area (Å²) < 4.78 is 0. The average molecular weight is 242 g/mol. The molecule has 3 N–H and O–H groups in total. The van der Waals surface area contributed by atoms with E-state index < -0.39 is 0 Å². The molecule has 0 aromatic carbocycles. The van der Waals surface area contributed by atoms with Crippen LogP contribution in [0.15, 0.2) is 16.8 Å². The molecular weight excluding hydrogens is 220 g/mol. The number of nitrogens with two attached hydrogens (primary N) is 1. The van der Waals surface area contributed by atoms with Gasteiger partial charge in [-0.1, -0.05) is 0 Å². The monoisotopic (exact) mass is 242 g/mol. The number of thiophene rings is 1. The maximum absolute atomic E-state index is 8.70. The Kier molecular flexibility index (Phi) is 6.64. The van der Waals surface area contributed by atoms with Crippen LogP contribution in [-0.4, -0.2) is 36.8 Å². The Morgan fingerprint density at radius 2 is 2.25 bits per heavy atom. The number of aliphatic hydroxyl groups excluding tert-OH is 1. The molecule has 0 aliphatic rings. The van der Waals surface area contributed by atoms with E-state index >= 15 is 0 Å². The third-order valence-electron chi connectivity index (χ3n) is 2.85. The van der Waals surface area contributed by atoms with E-state index in [1.54, 1.807) is 11.3 Å². The Hall–Kier alpha value is -0.420. The molecule has 1 aromatic heterocycles. The maximum Gasteiger partial charge on any atom is 0.0475 e. The van der Waals surface area contributed by atoms with E-state index in [1.807, 2.05) is 0 Å². The summed E-state index contributed by atoms with van der Waals surface area (Å²) in [5, 5.41) is 13.0. The third kappa shape index (κ3) is 4.22. The van der Waals surface area contributed by atoms with E-state index in [9.17, 15) is 0 Å². The van der Waals surface area contributed by atoms with E-state index in [0.717, 1.165) is 25.8 Å². The maximum atomic E-state index is 8.70. The lowest BCUT2D eigenvalue weighted by atomic mass is 10.1. The van der Waals surface area contributed by atoms with Gasteiger partial charge in [-0.3, -0.25) is 4.90 Å². The lowest BCUT2D eigenvalue weighted by Gasteiger charge is -2.26. The SMILES string of the molecule is CN(CCCCCO)C(CN)c1ccsc1. The number of rotatable bonds is 8. The summed E-state index contributed by atoms with van der Waals surface area (Å²) in [6.45, 7) is 2.00. The molecule has 3 nitrogen and oxygen atoms in total. The third-order valence-corrected chi connectivity index (χ3v) is 3.55. The Morgan fingerprint density at radius 1 is 1.44 bits per heavy atom. The van der Waals surface area contributed by atoms with Crippen LogP contribution in [0.5, 0.6) is 0 Å². The summed E-state index contributed by atoms with van der Waals surface area (Å²) in [7, 11) is 2.12. The molecule has 0 spiro atoms. The highest BCUT2D eigenvalue weighted by atomic mass is 32.1. The van der Waals surface area contributed by atoms with Gasteiger partial charge < -0.3 is 10.8 Å². The molecule has 0 amide bonds. The van der Waals surface area contributed by atoms with E-state index in [2.05, 4.69) is 28.8 Å². The van der Waals surface area contributed by atoms with Crippen molar-refractivity contribution in [1.82, 2.24) is 4.90 Å². The highest BCUT2D eigenvalue weighted by molar-refractivity contribution is 7.07. The standard InChI is InChI=1S/C12H22N2OS/c1-14(6-3-2-4-7-15)12(9-13)11-5-8-16-10-11/h5,8,10,12,15H,2-4,6-7,9,13H2,1H3. The average Bonchev–Trinajstić information content (AvgIpc) is 2.79. The van der Waals surface area contributed by atoms with Crippen molar-refractivity contribution in [2.24, 2.45) is 5.73 Å². The molecule has 1 rings (SSSR count). The molecular formula is C12H22N2OS. The van der Waals surface area contributed by atoms with Gasteiger partial charge in [0.25, 0.3) is 0 Å². The number of nitrogens with zero attached hydrogens (tertiary/aromatic N) is 1. The van der Waals surface area contributed by atoms with E-state index in [-0.39, 0.29) is 0 Å². The Morgan fingerprint density at radius 3 is 2.81 bits per heavy atom. The summed E-state index contributed by atoms with van der Waals surface area (Å²) in [4.78, 5) is 2.30. The van der Waals surface area contributed by atoms with Crippen LogP contribution in [0, 0.1) is 0 Å². The van der Waals surface area contributed by atoms with Crippen LogP contribution < -0.4 is 5.73 Å². The van der Waals surface area contributed by atoms with E-state index in [0.29, 0.717) is 19.2 Å². The molecule has 0 bridgehead atoms. The van der Waals surface area contributed by atoms with Crippen molar-refractivity contribution in [2.45, 2.75) is 25.3 Å². The number of hydrogen-bond acceptors (Lipinski definition) is 4. The lowest BCUT2D eigenvalue weighted by molar-refractivity contribution is 0.236. The topological polar surface area (TPSA) is 49.5 Å². The van der Waals surface area contributed by atoms with Gasteiger partial charge in [0, 0.05) is 19.2 Å². The summed E-state index contributed by atoms with van der Waals surface area (Å²) in [5.41, 5.74) is 7.14. The molecule has 1 heterocycles. The van der Waals surface area contributed by atoms with Gasteiger partial charge in [0.15, 0.2) is 0 Å². The van der Waals surface area contributed by atoms with Gasteiger partial charge in [0.1, 0.15) is 0 Å². The number of aliphatic hydroxyl groups is 1. The highest BCUT2D eigenvalue weighted by Crippen LogP contribution is 2.21. The van der Waals surface area contributed by atoms with Crippen LogP contribution in [0.4, 0.5) is 0 Å². The minimum absolute atomic E-state index is 0.300. The normalized spacial score (nSPS) is 13.2. The Bertz CT molecular complexity index is 264. The van der Waals surface area contributed by atoms with Crippen molar-refractivity contribution in [3.63, 3.8) is 0 Å². The van der Waals surface area contributed by atoms with Crippen molar-refractivity contribution < 1.29 is 5.11 Å². The molecule has 0 radical (unpaired) electrons.